The highest BCUT2D eigenvalue weighted by Gasteiger charge is 2.14. The maximum Gasteiger partial charge on any atom is 0.369 e. The van der Waals surface area contributed by atoms with Crippen LogP contribution in [0.25, 0.3) is 5.69 Å². The summed E-state index contributed by atoms with van der Waals surface area (Å²) in [5.74, 6) is -0.363. The van der Waals surface area contributed by atoms with E-state index in [1.807, 2.05) is 25.1 Å². The summed E-state index contributed by atoms with van der Waals surface area (Å²) in [5, 5.41) is 10.7. The fourth-order valence-electron chi connectivity index (χ4n) is 2.24. The Kier molecular flexibility index (Phi) is 5.19. The number of anilines is 1. The number of nitrogens with zero attached hydrogens (tertiary/aromatic N) is 4. The van der Waals surface area contributed by atoms with E-state index in [0.29, 0.717) is 16.4 Å². The number of carbonyl (C=O) groups excluding carboxylic acids is 1. The van der Waals surface area contributed by atoms with Crippen molar-refractivity contribution in [2.24, 2.45) is 0 Å². The Bertz CT molecular complexity index is 998. The maximum atomic E-state index is 12.4. The van der Waals surface area contributed by atoms with Crippen LogP contribution in [0.2, 0.25) is 5.02 Å². The highest BCUT2D eigenvalue weighted by Crippen LogP contribution is 2.18. The Hall–Kier alpha value is -2.20. The molecule has 3 rings (SSSR count). The van der Waals surface area contributed by atoms with Crippen molar-refractivity contribution in [1.29, 1.82) is 0 Å². The number of halogens is 2. The second-order valence-corrected chi connectivity index (χ2v) is 6.94. The minimum Gasteiger partial charge on any atom is -0.324 e. The number of aryl methyl sites for hydroxylation is 1. The van der Waals surface area contributed by atoms with E-state index in [2.05, 4.69) is 38.3 Å². The van der Waals surface area contributed by atoms with Crippen molar-refractivity contribution in [2.75, 3.05) is 5.32 Å². The molecule has 7 nitrogen and oxygen atoms in total. The maximum absolute atomic E-state index is 12.4. The molecule has 0 atom stereocenters. The van der Waals surface area contributed by atoms with Crippen LogP contribution in [0.4, 0.5) is 5.69 Å². The quantitative estimate of drug-likeness (QED) is 0.596. The molecular formula is C16H13ClIN5O2. The normalized spacial score (nSPS) is 10.7. The van der Waals surface area contributed by atoms with Gasteiger partial charge in [0, 0.05) is 9.26 Å². The van der Waals surface area contributed by atoms with Crippen LogP contribution in [0.5, 0.6) is 0 Å². The molecule has 2 aromatic carbocycles. The van der Waals surface area contributed by atoms with Gasteiger partial charge in [0.2, 0.25) is 5.91 Å². The molecule has 0 saturated heterocycles. The van der Waals surface area contributed by atoms with Crippen LogP contribution < -0.4 is 11.0 Å². The van der Waals surface area contributed by atoms with Gasteiger partial charge < -0.3 is 5.32 Å². The average Bonchev–Trinajstić information content (AvgIpc) is 2.91. The Labute approximate surface area is 161 Å². The number of benzene rings is 2. The van der Waals surface area contributed by atoms with Gasteiger partial charge in [-0.05, 0) is 75.8 Å². The Morgan fingerprint density at radius 3 is 2.72 bits per heavy atom. The Morgan fingerprint density at radius 1 is 1.24 bits per heavy atom. The number of hydrogen-bond acceptors (Lipinski definition) is 4. The zero-order chi connectivity index (χ0) is 18.0. The molecule has 25 heavy (non-hydrogen) atoms. The van der Waals surface area contributed by atoms with E-state index in [0.717, 1.165) is 18.5 Å². The highest BCUT2D eigenvalue weighted by molar-refractivity contribution is 14.1. The summed E-state index contributed by atoms with van der Waals surface area (Å²) in [6.45, 7) is 1.66. The number of amides is 1. The zero-order valence-corrected chi connectivity index (χ0v) is 16.0. The molecule has 3 aromatic rings. The topological polar surface area (TPSA) is 81.8 Å². The molecule has 1 N–H and O–H groups in total. The zero-order valence-electron chi connectivity index (χ0n) is 13.1. The molecule has 0 spiro atoms. The van der Waals surface area contributed by atoms with Crippen LogP contribution in [-0.4, -0.2) is 25.7 Å². The molecule has 1 amide bonds. The van der Waals surface area contributed by atoms with Crippen molar-refractivity contribution in [3.8, 4) is 5.69 Å². The third kappa shape index (κ3) is 3.90. The molecule has 0 aliphatic carbocycles. The van der Waals surface area contributed by atoms with Gasteiger partial charge in [0.1, 0.15) is 6.54 Å². The first-order chi connectivity index (χ1) is 12.0. The molecule has 1 heterocycles. The molecule has 0 fully saturated rings. The molecule has 0 saturated carbocycles. The summed E-state index contributed by atoms with van der Waals surface area (Å²) in [4.78, 5) is 24.6. The van der Waals surface area contributed by atoms with Crippen LogP contribution in [-0.2, 0) is 11.3 Å². The van der Waals surface area contributed by atoms with E-state index in [1.165, 1.54) is 0 Å². The lowest BCUT2D eigenvalue weighted by molar-refractivity contribution is -0.117. The predicted molar refractivity (Wildman–Crippen MR) is 103 cm³/mol. The molecular weight excluding hydrogens is 457 g/mol. The van der Waals surface area contributed by atoms with Gasteiger partial charge in [0.05, 0.1) is 10.7 Å². The van der Waals surface area contributed by atoms with Crippen molar-refractivity contribution in [3.63, 3.8) is 0 Å². The van der Waals surface area contributed by atoms with E-state index in [1.54, 1.807) is 24.3 Å². The molecule has 0 radical (unpaired) electrons. The van der Waals surface area contributed by atoms with E-state index in [9.17, 15) is 9.59 Å². The van der Waals surface area contributed by atoms with Crippen molar-refractivity contribution in [3.05, 3.63) is 67.1 Å². The van der Waals surface area contributed by atoms with Gasteiger partial charge in [-0.1, -0.05) is 23.7 Å². The summed E-state index contributed by atoms with van der Waals surface area (Å²) < 4.78 is 3.12. The van der Waals surface area contributed by atoms with Crippen LogP contribution in [0.15, 0.2) is 47.3 Å². The fraction of sp³-hybridized carbons (Fsp3) is 0.125. The summed E-state index contributed by atoms with van der Waals surface area (Å²) in [6, 6.07) is 12.4. The van der Waals surface area contributed by atoms with Crippen molar-refractivity contribution < 1.29 is 4.79 Å². The Morgan fingerprint density at radius 2 is 2.00 bits per heavy atom. The van der Waals surface area contributed by atoms with Crippen molar-refractivity contribution in [2.45, 2.75) is 13.5 Å². The molecule has 1 aromatic heterocycles. The first kappa shape index (κ1) is 17.6. The summed E-state index contributed by atoms with van der Waals surface area (Å²) in [7, 11) is 0. The number of tetrazole rings is 1. The smallest absolute Gasteiger partial charge is 0.324 e. The highest BCUT2D eigenvalue weighted by atomic mass is 127. The largest absolute Gasteiger partial charge is 0.369 e. The predicted octanol–water partition coefficient (Wildman–Crippen LogP) is 2.63. The van der Waals surface area contributed by atoms with Gasteiger partial charge in [-0.25, -0.2) is 4.79 Å². The SMILES string of the molecule is Cc1cc(I)ccc1NC(=O)Cn1nnn(-c2ccccc2Cl)c1=O. The van der Waals surface area contributed by atoms with E-state index in [4.69, 9.17) is 11.6 Å². The van der Waals surface area contributed by atoms with Gasteiger partial charge in [-0.3, -0.25) is 4.79 Å². The second kappa shape index (κ2) is 7.36. The number of carbonyl (C=O) groups is 1. The number of nitrogens with one attached hydrogen (secondary N) is 1. The lowest BCUT2D eigenvalue weighted by Gasteiger charge is -2.08. The number of hydrogen-bond donors (Lipinski definition) is 1. The van der Waals surface area contributed by atoms with Gasteiger partial charge >= 0.3 is 5.69 Å². The number of para-hydroxylation sites is 1. The van der Waals surface area contributed by atoms with Crippen molar-refractivity contribution in [1.82, 2.24) is 19.8 Å². The summed E-state index contributed by atoms with van der Waals surface area (Å²) >= 11 is 8.27. The van der Waals surface area contributed by atoms with Gasteiger partial charge in [-0.2, -0.15) is 9.36 Å². The van der Waals surface area contributed by atoms with Crippen LogP contribution in [0, 0.1) is 10.5 Å². The third-order valence-corrected chi connectivity index (χ3v) is 4.47. The first-order valence-corrected chi connectivity index (χ1v) is 8.75. The minimum atomic E-state index is -0.539. The van der Waals surface area contributed by atoms with E-state index >= 15 is 0 Å². The standard InChI is InChI=1S/C16H13ClIN5O2/c1-10-8-11(18)6-7-13(10)19-15(24)9-22-16(25)23(21-20-22)14-5-3-2-4-12(14)17/h2-8H,9H2,1H3,(H,19,24). The van der Waals surface area contributed by atoms with Crippen LogP contribution in [0.1, 0.15) is 5.56 Å². The number of aromatic nitrogens is 4. The third-order valence-electron chi connectivity index (χ3n) is 3.48. The molecule has 128 valence electrons. The van der Waals surface area contributed by atoms with Crippen LogP contribution in [0.3, 0.4) is 0 Å². The molecule has 0 bridgehead atoms. The lowest BCUT2D eigenvalue weighted by atomic mass is 10.2. The molecule has 0 aliphatic rings. The fourth-order valence-corrected chi connectivity index (χ4v) is 3.10. The van der Waals surface area contributed by atoms with E-state index < -0.39 is 5.69 Å². The Balaban J connectivity index is 1.79. The summed E-state index contributed by atoms with van der Waals surface area (Å²) in [5.41, 5.74) is 1.50. The van der Waals surface area contributed by atoms with Gasteiger partial charge in [0.15, 0.2) is 0 Å². The minimum absolute atomic E-state index is 0.241. The lowest BCUT2D eigenvalue weighted by Crippen LogP contribution is -2.30. The molecule has 9 heteroatoms. The first-order valence-electron chi connectivity index (χ1n) is 7.29. The monoisotopic (exact) mass is 469 g/mol. The van der Waals surface area contributed by atoms with Gasteiger partial charge in [-0.15, -0.1) is 0 Å². The van der Waals surface area contributed by atoms with E-state index in [-0.39, 0.29) is 12.5 Å². The van der Waals surface area contributed by atoms with Crippen LogP contribution >= 0.6 is 34.2 Å². The van der Waals surface area contributed by atoms with Gasteiger partial charge in [0.25, 0.3) is 0 Å². The molecule has 0 aliphatic heterocycles. The van der Waals surface area contributed by atoms with Crippen molar-refractivity contribution >= 4 is 45.8 Å². The molecule has 0 unspecified atom stereocenters. The average molecular weight is 470 g/mol. The second-order valence-electron chi connectivity index (χ2n) is 5.29. The summed E-state index contributed by atoms with van der Waals surface area (Å²) in [6.07, 6.45) is 0. The number of rotatable bonds is 4.